The van der Waals surface area contributed by atoms with E-state index >= 15 is 0 Å². The van der Waals surface area contributed by atoms with Gasteiger partial charge >= 0.3 is 0 Å². The molecule has 0 saturated heterocycles. The molecule has 0 aliphatic heterocycles. The zero-order valence-electron chi connectivity index (χ0n) is 3.09. The Bertz CT molecular complexity index is 8.00. The quantitative estimate of drug-likeness (QED) is 0.291. The van der Waals surface area contributed by atoms with Gasteiger partial charge in [-0.1, -0.05) is 0 Å². The minimum absolute atomic E-state index is 0. The van der Waals surface area contributed by atoms with Crippen LogP contribution in [0.2, 0.25) is 0 Å². The van der Waals surface area contributed by atoms with Crippen molar-refractivity contribution in [1.29, 1.82) is 0 Å². The van der Waals surface area contributed by atoms with E-state index in [1.165, 1.54) is 0 Å². The van der Waals surface area contributed by atoms with Gasteiger partial charge in [-0.15, -0.1) is 0 Å². The zero-order chi connectivity index (χ0) is 2.00. The predicted molar refractivity (Wildman–Crippen MR) is 14.6 cm³/mol. The summed E-state index contributed by atoms with van der Waals surface area (Å²) in [6.45, 7) is 0. The van der Waals surface area contributed by atoms with Crippen LogP contribution in [-0.2, 0) is 0 Å². The normalized spacial score (nSPS) is 1.50. The zero-order valence-corrected chi connectivity index (χ0v) is 5.84. The van der Waals surface area contributed by atoms with Crippen molar-refractivity contribution in [3.8, 4) is 0 Å². The average Bonchev–Trinajstić information content (AvgIpc) is 1.00. The van der Waals surface area contributed by atoms with Gasteiger partial charge in [0.2, 0.25) is 0 Å². The van der Waals surface area contributed by atoms with Crippen LogP contribution in [0.1, 0.15) is 0 Å². The number of quaternary nitrogens is 1. The Morgan fingerprint density at radius 2 is 1.25 bits per heavy atom. The Hall–Kier alpha value is 1.25. The maximum Gasteiger partial charge on any atom is 0.0634 e. The van der Waals surface area contributed by atoms with E-state index in [4.69, 9.17) is 0 Å². The molecule has 4 heavy (non-hydrogen) atoms. The number of halogens is 1. The summed E-state index contributed by atoms with van der Waals surface area (Å²) in [5.41, 5.74) is 3.25. The molecule has 0 aromatic carbocycles. The molecule has 0 atom stereocenters. The Labute approximate surface area is 54.6 Å². The van der Waals surface area contributed by atoms with Crippen LogP contribution in [0.5, 0.6) is 0 Å². The van der Waals surface area contributed by atoms with Crippen molar-refractivity contribution in [2.45, 2.75) is 0 Å². The van der Waals surface area contributed by atoms with Crippen LogP contribution in [-0.4, -0.2) is 36.6 Å². The molecule has 0 unspecified atom stereocenters. The fourth-order valence-electron chi connectivity index (χ4n) is 0. The molecule has 0 bridgehead atoms. The van der Waals surface area contributed by atoms with E-state index in [9.17, 15) is 0 Å². The Balaban J connectivity index is -0.00000000500. The van der Waals surface area contributed by atoms with Crippen LogP contribution in [0.3, 0.4) is 0 Å². The van der Waals surface area contributed by atoms with Gasteiger partial charge in [0.05, 0.1) is 7.05 Å². The monoisotopic (exact) mass is 90.0 g/mol. The van der Waals surface area contributed by atoms with Gasteiger partial charge in [0.15, 0.2) is 0 Å². The molecule has 0 aliphatic carbocycles. The molecule has 1 nitrogen and oxygen atoms in total. The fourth-order valence-corrected chi connectivity index (χ4v) is 0. The maximum atomic E-state index is 3.25. The van der Waals surface area contributed by atoms with E-state index in [2.05, 4.69) is 5.73 Å². The van der Waals surface area contributed by atoms with Gasteiger partial charge in [-0.2, -0.15) is 0 Å². The Kier molecular flexibility index (Phi) is 135. The van der Waals surface area contributed by atoms with E-state index in [0.717, 1.165) is 0 Å². The third-order valence-electron chi connectivity index (χ3n) is 0. The van der Waals surface area contributed by atoms with E-state index in [-0.39, 0.29) is 42.0 Å². The van der Waals surface area contributed by atoms with Crippen LogP contribution in [0.25, 0.3) is 0 Å². The minimum atomic E-state index is 0. The summed E-state index contributed by atoms with van der Waals surface area (Å²) in [7, 11) is 1.75. The van der Waals surface area contributed by atoms with Gasteiger partial charge in [0, 0.05) is 29.6 Å². The molecule has 0 saturated carbocycles. The maximum absolute atomic E-state index is 3.25. The molecule has 3 heteroatoms. The summed E-state index contributed by atoms with van der Waals surface area (Å²) in [6, 6.07) is 0. The van der Waals surface area contributed by atoms with Crippen LogP contribution in [0.4, 0.5) is 0 Å². The van der Waals surface area contributed by atoms with E-state index in [0.29, 0.717) is 0 Å². The van der Waals surface area contributed by atoms with Gasteiger partial charge < -0.3 is 18.1 Å². The number of hydrogen-bond donors (Lipinski definition) is 1. The first-order valence-electron chi connectivity index (χ1n) is 0.707. The molecule has 23 valence electrons. The molecule has 1 radical (unpaired) electrons. The molecular weight excluding hydrogens is 84.5 g/mol. The van der Waals surface area contributed by atoms with Crippen molar-refractivity contribution in [1.82, 2.24) is 0 Å². The molecule has 0 aromatic heterocycles. The third kappa shape index (κ3) is 10.5. The average molecular weight is 90.5 g/mol. The standard InChI is InChI=1S/CH5N.ClH.Na/c1-2;;/h2H2,1H3;1H;. The summed E-state index contributed by atoms with van der Waals surface area (Å²) < 4.78 is 0. The van der Waals surface area contributed by atoms with Crippen molar-refractivity contribution in [2.75, 3.05) is 7.05 Å². The number of hydrogen-bond acceptors (Lipinski definition) is 0. The van der Waals surface area contributed by atoms with Crippen molar-refractivity contribution in [3.63, 3.8) is 0 Å². The summed E-state index contributed by atoms with van der Waals surface area (Å²) in [4.78, 5) is 0. The van der Waals surface area contributed by atoms with Gasteiger partial charge in [0.25, 0.3) is 0 Å². The van der Waals surface area contributed by atoms with E-state index < -0.39 is 0 Å². The van der Waals surface area contributed by atoms with Crippen molar-refractivity contribution in [2.24, 2.45) is 0 Å². The van der Waals surface area contributed by atoms with Gasteiger partial charge in [-0.25, -0.2) is 0 Å². The van der Waals surface area contributed by atoms with Crippen molar-refractivity contribution in [3.05, 3.63) is 0 Å². The summed E-state index contributed by atoms with van der Waals surface area (Å²) in [5.74, 6) is 0. The Morgan fingerprint density at radius 1 is 1.25 bits per heavy atom. The first kappa shape index (κ1) is 18.7. The molecule has 3 N–H and O–H groups in total. The minimum Gasteiger partial charge on any atom is -1.00 e. The molecule has 0 rings (SSSR count). The largest absolute Gasteiger partial charge is 1.00 e. The van der Waals surface area contributed by atoms with E-state index in [1.807, 2.05) is 0 Å². The van der Waals surface area contributed by atoms with Crippen LogP contribution < -0.4 is 18.1 Å². The van der Waals surface area contributed by atoms with Gasteiger partial charge in [-0.3, -0.25) is 0 Å². The first-order valence-corrected chi connectivity index (χ1v) is 0.707. The van der Waals surface area contributed by atoms with Crippen LogP contribution >= 0.6 is 0 Å². The van der Waals surface area contributed by atoms with Crippen molar-refractivity contribution >= 4 is 29.6 Å². The summed E-state index contributed by atoms with van der Waals surface area (Å²) in [6.07, 6.45) is 0. The predicted octanol–water partition coefficient (Wildman–Crippen LogP) is -4.52. The third-order valence-corrected chi connectivity index (χ3v) is 0. The fraction of sp³-hybridized carbons (Fsp3) is 1.00. The molecule has 0 fully saturated rings. The first-order chi connectivity index (χ1) is 1.00. The molecule has 0 spiro atoms. The molecule has 0 amide bonds. The Morgan fingerprint density at radius 3 is 1.25 bits per heavy atom. The van der Waals surface area contributed by atoms with Gasteiger partial charge in [0.1, 0.15) is 0 Å². The van der Waals surface area contributed by atoms with E-state index in [1.54, 1.807) is 7.05 Å². The summed E-state index contributed by atoms with van der Waals surface area (Å²) >= 11 is 0. The number of rotatable bonds is 0. The smallest absolute Gasteiger partial charge is 0.0634 e. The topological polar surface area (TPSA) is 27.6 Å². The molecule has 0 aromatic rings. The van der Waals surface area contributed by atoms with Crippen LogP contribution in [0.15, 0.2) is 0 Å². The van der Waals surface area contributed by atoms with Crippen LogP contribution in [0, 0.1) is 0 Å². The second-order valence-electron chi connectivity index (χ2n) is 0. The SMILES string of the molecule is C[NH3+].[Cl-].[Na]. The second-order valence-corrected chi connectivity index (χ2v) is 0. The summed E-state index contributed by atoms with van der Waals surface area (Å²) in [5, 5.41) is 0. The second kappa shape index (κ2) is 28.7. The van der Waals surface area contributed by atoms with Gasteiger partial charge in [-0.05, 0) is 0 Å². The molecule has 0 heterocycles. The molecule has 0 aliphatic rings. The molecular formula is CH6ClNNa. The van der Waals surface area contributed by atoms with Crippen molar-refractivity contribution < 1.29 is 18.1 Å².